The van der Waals surface area contributed by atoms with E-state index in [1.54, 1.807) is 12.1 Å². The van der Waals surface area contributed by atoms with Crippen molar-refractivity contribution in [1.82, 2.24) is 0 Å². The van der Waals surface area contributed by atoms with Gasteiger partial charge in [-0.3, -0.25) is 4.79 Å². The van der Waals surface area contributed by atoms with Gasteiger partial charge in [-0.1, -0.05) is 19.3 Å². The third-order valence-electron chi connectivity index (χ3n) is 3.77. The summed E-state index contributed by atoms with van der Waals surface area (Å²) in [6.45, 7) is 2.86. The van der Waals surface area contributed by atoms with Crippen molar-refractivity contribution in [3.05, 3.63) is 29.6 Å². The molecule has 1 fully saturated rings. The standard InChI is InChI=1S/C15H20FNO/c1-2-17(13-6-4-3-5-7-13)15-9-8-12(11-18)10-14(15)16/h8-11,13H,2-7H2,1H3. The Labute approximate surface area is 108 Å². The maximum Gasteiger partial charge on any atom is 0.150 e. The van der Waals surface area contributed by atoms with Crippen LogP contribution in [-0.4, -0.2) is 18.9 Å². The first kappa shape index (κ1) is 13.1. The summed E-state index contributed by atoms with van der Waals surface area (Å²) in [4.78, 5) is 12.8. The molecule has 1 aromatic carbocycles. The zero-order valence-electron chi connectivity index (χ0n) is 10.9. The highest BCUT2D eigenvalue weighted by Crippen LogP contribution is 2.29. The van der Waals surface area contributed by atoms with E-state index in [9.17, 15) is 9.18 Å². The van der Waals surface area contributed by atoms with Gasteiger partial charge in [0.1, 0.15) is 12.1 Å². The quantitative estimate of drug-likeness (QED) is 0.756. The third-order valence-corrected chi connectivity index (χ3v) is 3.77. The maximum atomic E-state index is 14.0. The zero-order chi connectivity index (χ0) is 13.0. The van der Waals surface area contributed by atoms with Crippen LogP contribution >= 0.6 is 0 Å². The molecular formula is C15H20FNO. The number of rotatable bonds is 4. The molecule has 1 aliphatic rings. The van der Waals surface area contributed by atoms with Crippen LogP contribution in [-0.2, 0) is 0 Å². The molecule has 3 heteroatoms. The van der Waals surface area contributed by atoms with Crippen LogP contribution in [0.15, 0.2) is 18.2 Å². The molecular weight excluding hydrogens is 229 g/mol. The highest BCUT2D eigenvalue weighted by molar-refractivity contribution is 5.76. The Hall–Kier alpha value is -1.38. The van der Waals surface area contributed by atoms with Gasteiger partial charge in [-0.15, -0.1) is 0 Å². The van der Waals surface area contributed by atoms with Crippen molar-refractivity contribution in [2.45, 2.75) is 45.1 Å². The molecule has 0 saturated heterocycles. The van der Waals surface area contributed by atoms with E-state index in [-0.39, 0.29) is 5.82 Å². The molecule has 1 aromatic rings. The van der Waals surface area contributed by atoms with Gasteiger partial charge in [0, 0.05) is 18.2 Å². The second-order valence-corrected chi connectivity index (χ2v) is 4.91. The highest BCUT2D eigenvalue weighted by atomic mass is 19.1. The molecule has 1 saturated carbocycles. The van der Waals surface area contributed by atoms with Crippen LogP contribution in [0.1, 0.15) is 49.4 Å². The van der Waals surface area contributed by atoms with Crippen LogP contribution < -0.4 is 4.90 Å². The molecule has 0 aliphatic heterocycles. The SMILES string of the molecule is CCN(c1ccc(C=O)cc1F)C1CCCCC1. The lowest BCUT2D eigenvalue weighted by Crippen LogP contribution is -2.37. The molecule has 0 atom stereocenters. The molecule has 1 aliphatic carbocycles. The molecule has 0 bridgehead atoms. The fraction of sp³-hybridized carbons (Fsp3) is 0.533. The molecule has 18 heavy (non-hydrogen) atoms. The van der Waals surface area contributed by atoms with Crippen molar-refractivity contribution in [3.63, 3.8) is 0 Å². The first-order valence-electron chi connectivity index (χ1n) is 6.77. The van der Waals surface area contributed by atoms with Gasteiger partial charge >= 0.3 is 0 Å². The summed E-state index contributed by atoms with van der Waals surface area (Å²) in [6.07, 6.45) is 6.72. The minimum absolute atomic E-state index is 0.285. The first-order chi connectivity index (χ1) is 8.76. The number of anilines is 1. The normalized spacial score (nSPS) is 16.6. The molecule has 0 aromatic heterocycles. The lowest BCUT2D eigenvalue weighted by atomic mass is 9.93. The third kappa shape index (κ3) is 2.71. The summed E-state index contributed by atoms with van der Waals surface area (Å²) >= 11 is 0. The monoisotopic (exact) mass is 249 g/mol. The number of carbonyl (C=O) groups excluding carboxylic acids is 1. The Bertz CT molecular complexity index is 413. The number of hydrogen-bond acceptors (Lipinski definition) is 2. The summed E-state index contributed by atoms with van der Waals surface area (Å²) in [5, 5.41) is 0. The smallest absolute Gasteiger partial charge is 0.150 e. The number of nitrogens with zero attached hydrogens (tertiary/aromatic N) is 1. The largest absolute Gasteiger partial charge is 0.366 e. The van der Waals surface area contributed by atoms with E-state index >= 15 is 0 Å². The summed E-state index contributed by atoms with van der Waals surface area (Å²) in [5.74, 6) is -0.285. The number of halogens is 1. The average molecular weight is 249 g/mol. The number of hydrogen-bond donors (Lipinski definition) is 0. The van der Waals surface area contributed by atoms with Crippen molar-refractivity contribution in [2.24, 2.45) is 0 Å². The predicted octanol–water partition coefficient (Wildman–Crippen LogP) is 3.80. The van der Waals surface area contributed by atoms with Gasteiger partial charge in [-0.05, 0) is 38.0 Å². The zero-order valence-corrected chi connectivity index (χ0v) is 10.9. The first-order valence-corrected chi connectivity index (χ1v) is 6.77. The van der Waals surface area contributed by atoms with E-state index in [2.05, 4.69) is 11.8 Å². The Morgan fingerprint density at radius 2 is 2.06 bits per heavy atom. The Balaban J connectivity index is 2.23. The molecule has 0 amide bonds. The Morgan fingerprint density at radius 1 is 1.33 bits per heavy atom. The summed E-state index contributed by atoms with van der Waals surface area (Å²) in [7, 11) is 0. The van der Waals surface area contributed by atoms with Gasteiger partial charge in [0.15, 0.2) is 0 Å². The van der Waals surface area contributed by atoms with Crippen LogP contribution in [0.3, 0.4) is 0 Å². The van der Waals surface area contributed by atoms with Crippen LogP contribution in [0.5, 0.6) is 0 Å². The summed E-state index contributed by atoms with van der Waals surface area (Å²) < 4.78 is 14.0. The van der Waals surface area contributed by atoms with Crippen molar-refractivity contribution in [1.29, 1.82) is 0 Å². The maximum absolute atomic E-state index is 14.0. The number of aldehydes is 1. The van der Waals surface area contributed by atoms with E-state index in [1.807, 2.05) is 0 Å². The molecule has 0 radical (unpaired) electrons. The Kier molecular flexibility index (Phi) is 4.34. The molecule has 0 spiro atoms. The van der Waals surface area contributed by atoms with Crippen molar-refractivity contribution >= 4 is 12.0 Å². The molecule has 2 rings (SSSR count). The number of carbonyl (C=O) groups is 1. The van der Waals surface area contributed by atoms with Crippen LogP contribution in [0.4, 0.5) is 10.1 Å². The molecule has 0 N–H and O–H groups in total. The summed E-state index contributed by atoms with van der Waals surface area (Å²) in [6, 6.07) is 5.20. The number of benzene rings is 1. The van der Waals surface area contributed by atoms with Crippen molar-refractivity contribution in [3.8, 4) is 0 Å². The lowest BCUT2D eigenvalue weighted by molar-refractivity contribution is 0.112. The van der Waals surface area contributed by atoms with Gasteiger partial charge in [0.25, 0.3) is 0 Å². The summed E-state index contributed by atoms with van der Waals surface area (Å²) in [5.41, 5.74) is 1.03. The molecule has 0 unspecified atom stereocenters. The second-order valence-electron chi connectivity index (χ2n) is 4.91. The van der Waals surface area contributed by atoms with Gasteiger partial charge < -0.3 is 4.90 Å². The van der Waals surface area contributed by atoms with E-state index in [0.717, 1.165) is 19.4 Å². The molecule has 2 nitrogen and oxygen atoms in total. The van der Waals surface area contributed by atoms with Crippen LogP contribution in [0.2, 0.25) is 0 Å². The minimum Gasteiger partial charge on any atom is -0.366 e. The Morgan fingerprint density at radius 3 is 2.61 bits per heavy atom. The van der Waals surface area contributed by atoms with E-state index in [4.69, 9.17) is 0 Å². The molecule has 0 heterocycles. The lowest BCUT2D eigenvalue weighted by Gasteiger charge is -2.35. The van der Waals surface area contributed by atoms with Gasteiger partial charge in [-0.25, -0.2) is 4.39 Å². The van der Waals surface area contributed by atoms with Crippen molar-refractivity contribution in [2.75, 3.05) is 11.4 Å². The second kappa shape index (κ2) is 5.98. The van der Waals surface area contributed by atoms with E-state index < -0.39 is 0 Å². The van der Waals surface area contributed by atoms with Crippen molar-refractivity contribution < 1.29 is 9.18 Å². The van der Waals surface area contributed by atoms with E-state index in [0.29, 0.717) is 23.6 Å². The van der Waals surface area contributed by atoms with E-state index in [1.165, 1.54) is 25.3 Å². The minimum atomic E-state index is -0.285. The topological polar surface area (TPSA) is 20.3 Å². The molecule has 98 valence electrons. The van der Waals surface area contributed by atoms with Crippen LogP contribution in [0.25, 0.3) is 0 Å². The van der Waals surface area contributed by atoms with Crippen LogP contribution in [0, 0.1) is 5.82 Å². The highest BCUT2D eigenvalue weighted by Gasteiger charge is 2.22. The average Bonchev–Trinajstić information content (AvgIpc) is 2.42. The fourth-order valence-corrected chi connectivity index (χ4v) is 2.85. The predicted molar refractivity (Wildman–Crippen MR) is 71.7 cm³/mol. The van der Waals surface area contributed by atoms with Gasteiger partial charge in [0.2, 0.25) is 0 Å². The van der Waals surface area contributed by atoms with Gasteiger partial charge in [0.05, 0.1) is 5.69 Å². The van der Waals surface area contributed by atoms with Gasteiger partial charge in [-0.2, -0.15) is 0 Å². The fourth-order valence-electron chi connectivity index (χ4n) is 2.85.